The molecule has 6 nitrogen and oxygen atoms in total. The van der Waals surface area contributed by atoms with Gasteiger partial charge in [-0.05, 0) is 47.5 Å². The van der Waals surface area contributed by atoms with Crippen LogP contribution in [0.15, 0.2) is 0 Å². The monoisotopic (exact) mass is 334 g/mol. The molecule has 0 unspecified atom stereocenters. The van der Waals surface area contributed by atoms with Crippen molar-refractivity contribution in [3.05, 3.63) is 0 Å². The largest absolute Gasteiger partial charge is 0.444 e. The van der Waals surface area contributed by atoms with E-state index in [9.17, 15) is 13.2 Å². The minimum Gasteiger partial charge on any atom is -0.444 e. The van der Waals surface area contributed by atoms with Gasteiger partial charge in [0, 0.05) is 25.2 Å². The molecule has 1 N–H and O–H groups in total. The molecule has 1 saturated heterocycles. The molecule has 1 amide bonds. The van der Waals surface area contributed by atoms with Gasteiger partial charge in [0.2, 0.25) is 0 Å². The molecular formula is C15H30N2O4S. The molecule has 0 radical (unpaired) electrons. The molecule has 7 heteroatoms. The molecule has 1 heterocycles. The molecule has 1 aliphatic heterocycles. The van der Waals surface area contributed by atoms with Crippen LogP contribution < -0.4 is 5.32 Å². The van der Waals surface area contributed by atoms with E-state index < -0.39 is 15.4 Å². The normalized spacial score (nSPS) is 19.2. The van der Waals surface area contributed by atoms with Crippen LogP contribution in [0.5, 0.6) is 0 Å². The van der Waals surface area contributed by atoms with E-state index in [4.69, 9.17) is 4.74 Å². The summed E-state index contributed by atoms with van der Waals surface area (Å²) in [7, 11) is -2.83. The summed E-state index contributed by atoms with van der Waals surface area (Å²) in [6.45, 7) is 10.7. The van der Waals surface area contributed by atoms with Crippen molar-refractivity contribution in [2.45, 2.75) is 65.1 Å². The molecule has 0 bridgehead atoms. The number of sulfone groups is 1. The van der Waals surface area contributed by atoms with E-state index >= 15 is 0 Å². The fourth-order valence-electron chi connectivity index (χ4n) is 2.36. The minimum atomic E-state index is -2.83. The van der Waals surface area contributed by atoms with E-state index in [1.54, 1.807) is 4.90 Å². The lowest BCUT2D eigenvalue weighted by atomic mass is 10.1. The Morgan fingerprint density at radius 2 is 1.82 bits per heavy atom. The van der Waals surface area contributed by atoms with E-state index in [2.05, 4.69) is 5.32 Å². The van der Waals surface area contributed by atoms with Gasteiger partial charge in [0.15, 0.2) is 0 Å². The standard InChI is InChI=1S/C15H30N2O4S/c1-12(2)17(14(18)21-15(3,4)5)9-8-16-13-6-10-22(19,20)11-7-13/h12-13,16H,6-11H2,1-5H3. The summed E-state index contributed by atoms with van der Waals surface area (Å²) in [4.78, 5) is 13.9. The van der Waals surface area contributed by atoms with Gasteiger partial charge in [-0.25, -0.2) is 13.2 Å². The lowest BCUT2D eigenvalue weighted by molar-refractivity contribution is 0.0192. The number of nitrogens with zero attached hydrogens (tertiary/aromatic N) is 1. The quantitative estimate of drug-likeness (QED) is 0.830. The molecule has 0 saturated carbocycles. The Bertz CT molecular complexity index is 454. The highest BCUT2D eigenvalue weighted by Crippen LogP contribution is 2.13. The maximum absolute atomic E-state index is 12.2. The number of hydrogen-bond donors (Lipinski definition) is 1. The van der Waals surface area contributed by atoms with Gasteiger partial charge in [-0.1, -0.05) is 0 Å². The number of rotatable bonds is 5. The Hall–Kier alpha value is -0.820. The van der Waals surface area contributed by atoms with Crippen LogP contribution in [0.4, 0.5) is 4.79 Å². The van der Waals surface area contributed by atoms with Crippen molar-refractivity contribution in [3.63, 3.8) is 0 Å². The Balaban J connectivity index is 2.41. The Labute approximate surface area is 134 Å². The minimum absolute atomic E-state index is 0.0587. The molecule has 1 aliphatic rings. The first-order valence-corrected chi connectivity index (χ1v) is 9.76. The van der Waals surface area contributed by atoms with E-state index in [1.807, 2.05) is 34.6 Å². The molecule has 0 aromatic heterocycles. The van der Waals surface area contributed by atoms with Gasteiger partial charge in [-0.3, -0.25) is 0 Å². The second kappa shape index (κ2) is 7.64. The Morgan fingerprint density at radius 3 is 2.27 bits per heavy atom. The molecule has 22 heavy (non-hydrogen) atoms. The molecule has 0 aromatic carbocycles. The van der Waals surface area contributed by atoms with E-state index in [0.717, 1.165) is 0 Å². The van der Waals surface area contributed by atoms with E-state index in [0.29, 0.717) is 25.9 Å². The van der Waals surface area contributed by atoms with Gasteiger partial charge in [-0.15, -0.1) is 0 Å². The topological polar surface area (TPSA) is 75.7 Å². The van der Waals surface area contributed by atoms with Gasteiger partial charge < -0.3 is 15.0 Å². The molecule has 0 spiro atoms. The maximum atomic E-state index is 12.2. The van der Waals surface area contributed by atoms with E-state index in [-0.39, 0.29) is 29.7 Å². The third-order valence-corrected chi connectivity index (χ3v) is 5.31. The second-order valence-corrected chi connectivity index (χ2v) is 9.45. The van der Waals surface area contributed by atoms with E-state index in [1.165, 1.54) is 0 Å². The Kier molecular flexibility index (Phi) is 6.67. The first-order chi connectivity index (χ1) is 10.0. The number of carbonyl (C=O) groups excluding carboxylic acids is 1. The molecule has 0 aliphatic carbocycles. The number of hydrogen-bond acceptors (Lipinski definition) is 5. The fraction of sp³-hybridized carbons (Fsp3) is 0.933. The maximum Gasteiger partial charge on any atom is 0.410 e. The zero-order valence-electron chi connectivity index (χ0n) is 14.4. The third kappa shape index (κ3) is 6.96. The van der Waals surface area contributed by atoms with Crippen LogP contribution in [-0.4, -0.2) is 61.7 Å². The van der Waals surface area contributed by atoms with Crippen molar-refractivity contribution in [2.24, 2.45) is 0 Å². The zero-order valence-corrected chi connectivity index (χ0v) is 15.2. The van der Waals surface area contributed by atoms with Crippen molar-refractivity contribution in [1.82, 2.24) is 10.2 Å². The predicted octanol–water partition coefficient (Wildman–Crippen LogP) is 1.80. The molecular weight excluding hydrogens is 304 g/mol. The lowest BCUT2D eigenvalue weighted by Gasteiger charge is -2.31. The summed E-state index contributed by atoms with van der Waals surface area (Å²) < 4.78 is 28.2. The highest BCUT2D eigenvalue weighted by atomic mass is 32.2. The molecule has 1 fully saturated rings. The summed E-state index contributed by atoms with van der Waals surface area (Å²) in [5.74, 6) is 0.509. The van der Waals surface area contributed by atoms with Crippen LogP contribution in [0.25, 0.3) is 0 Å². The second-order valence-electron chi connectivity index (χ2n) is 7.15. The number of carbonyl (C=O) groups is 1. The number of ether oxygens (including phenoxy) is 1. The highest BCUT2D eigenvalue weighted by molar-refractivity contribution is 7.91. The summed E-state index contributed by atoms with van der Waals surface area (Å²) in [6.07, 6.45) is 0.989. The summed E-state index contributed by atoms with van der Waals surface area (Å²) in [6, 6.07) is 0.277. The first kappa shape index (κ1) is 19.2. The van der Waals surface area contributed by atoms with Crippen molar-refractivity contribution in [3.8, 4) is 0 Å². The lowest BCUT2D eigenvalue weighted by Crippen LogP contribution is -2.46. The van der Waals surface area contributed by atoms with Gasteiger partial charge in [-0.2, -0.15) is 0 Å². The molecule has 1 rings (SSSR count). The summed E-state index contributed by atoms with van der Waals surface area (Å²) in [5, 5.41) is 3.35. The molecule has 0 aromatic rings. The third-order valence-electron chi connectivity index (χ3n) is 3.59. The van der Waals surface area contributed by atoms with Crippen LogP contribution >= 0.6 is 0 Å². The van der Waals surface area contributed by atoms with Gasteiger partial charge in [0.1, 0.15) is 15.4 Å². The van der Waals surface area contributed by atoms with Crippen LogP contribution in [-0.2, 0) is 14.6 Å². The van der Waals surface area contributed by atoms with Crippen LogP contribution in [0, 0.1) is 0 Å². The zero-order chi connectivity index (χ0) is 17.0. The number of amides is 1. The predicted molar refractivity (Wildman–Crippen MR) is 87.8 cm³/mol. The fourth-order valence-corrected chi connectivity index (χ4v) is 3.86. The average molecular weight is 334 g/mol. The van der Waals surface area contributed by atoms with Crippen LogP contribution in [0.1, 0.15) is 47.5 Å². The van der Waals surface area contributed by atoms with Gasteiger partial charge in [0.05, 0.1) is 11.5 Å². The van der Waals surface area contributed by atoms with Crippen molar-refractivity contribution >= 4 is 15.9 Å². The Morgan fingerprint density at radius 1 is 1.27 bits per heavy atom. The number of nitrogens with one attached hydrogen (secondary N) is 1. The molecule has 130 valence electrons. The highest BCUT2D eigenvalue weighted by Gasteiger charge is 2.25. The summed E-state index contributed by atoms with van der Waals surface area (Å²) >= 11 is 0. The van der Waals surface area contributed by atoms with Crippen molar-refractivity contribution in [1.29, 1.82) is 0 Å². The van der Waals surface area contributed by atoms with Gasteiger partial charge in [0.25, 0.3) is 0 Å². The first-order valence-electron chi connectivity index (χ1n) is 7.93. The SMILES string of the molecule is CC(C)N(CCNC1CCS(=O)(=O)CC1)C(=O)OC(C)(C)C. The summed E-state index contributed by atoms with van der Waals surface area (Å²) in [5.41, 5.74) is -0.505. The van der Waals surface area contributed by atoms with Crippen LogP contribution in [0.3, 0.4) is 0 Å². The van der Waals surface area contributed by atoms with Crippen molar-refractivity contribution < 1.29 is 17.9 Å². The average Bonchev–Trinajstić information content (AvgIpc) is 2.33. The van der Waals surface area contributed by atoms with Crippen LogP contribution in [0.2, 0.25) is 0 Å². The smallest absolute Gasteiger partial charge is 0.410 e. The van der Waals surface area contributed by atoms with Crippen molar-refractivity contribution in [2.75, 3.05) is 24.6 Å². The van der Waals surface area contributed by atoms with Gasteiger partial charge >= 0.3 is 6.09 Å². The molecule has 0 atom stereocenters.